The SMILES string of the molecule is Cc1ccc(N=Nc2c(-c3ccc(C(C)C)cc3)nc3ccccn23)cc1. The third kappa shape index (κ3) is 3.51. The first kappa shape index (κ1) is 17.2. The number of hydrogen-bond acceptors (Lipinski definition) is 3. The van der Waals surface area contributed by atoms with Crippen LogP contribution in [0.15, 0.2) is 83.2 Å². The van der Waals surface area contributed by atoms with Gasteiger partial charge in [0.1, 0.15) is 11.3 Å². The van der Waals surface area contributed by atoms with Gasteiger partial charge in [0, 0.05) is 11.8 Å². The first-order valence-electron chi connectivity index (χ1n) is 9.17. The smallest absolute Gasteiger partial charge is 0.187 e. The van der Waals surface area contributed by atoms with Gasteiger partial charge in [0.05, 0.1) is 5.69 Å². The zero-order chi connectivity index (χ0) is 18.8. The molecule has 0 spiro atoms. The predicted octanol–water partition coefficient (Wildman–Crippen LogP) is 6.85. The predicted molar refractivity (Wildman–Crippen MR) is 110 cm³/mol. The van der Waals surface area contributed by atoms with Crippen molar-refractivity contribution in [1.29, 1.82) is 0 Å². The third-order valence-electron chi connectivity index (χ3n) is 4.65. The van der Waals surface area contributed by atoms with Gasteiger partial charge >= 0.3 is 0 Å². The normalized spacial score (nSPS) is 11.7. The number of fused-ring (bicyclic) bond motifs is 1. The Bertz CT molecular complexity index is 1090. The molecule has 2 heterocycles. The minimum absolute atomic E-state index is 0.501. The van der Waals surface area contributed by atoms with Gasteiger partial charge in [0.15, 0.2) is 5.82 Å². The molecule has 27 heavy (non-hydrogen) atoms. The van der Waals surface area contributed by atoms with E-state index < -0.39 is 0 Å². The third-order valence-corrected chi connectivity index (χ3v) is 4.65. The Hall–Kier alpha value is -3.27. The molecule has 0 aliphatic rings. The van der Waals surface area contributed by atoms with E-state index in [1.165, 1.54) is 11.1 Å². The van der Waals surface area contributed by atoms with E-state index in [9.17, 15) is 0 Å². The zero-order valence-corrected chi connectivity index (χ0v) is 15.8. The van der Waals surface area contributed by atoms with Crippen molar-refractivity contribution >= 4 is 17.2 Å². The molecular weight excluding hydrogens is 332 g/mol. The molecular formula is C23H22N4. The Morgan fingerprint density at radius 1 is 0.852 bits per heavy atom. The molecule has 0 bridgehead atoms. The van der Waals surface area contributed by atoms with Crippen molar-refractivity contribution in [2.45, 2.75) is 26.7 Å². The molecule has 0 radical (unpaired) electrons. The number of aryl methyl sites for hydroxylation is 1. The first-order valence-corrected chi connectivity index (χ1v) is 9.17. The van der Waals surface area contributed by atoms with Gasteiger partial charge in [0.2, 0.25) is 0 Å². The van der Waals surface area contributed by atoms with Crippen LogP contribution in [-0.2, 0) is 0 Å². The number of nitrogens with zero attached hydrogens (tertiary/aromatic N) is 4. The summed E-state index contributed by atoms with van der Waals surface area (Å²) in [4.78, 5) is 4.79. The molecule has 0 amide bonds. The molecule has 4 heteroatoms. The Balaban J connectivity index is 1.80. The van der Waals surface area contributed by atoms with Crippen LogP contribution in [-0.4, -0.2) is 9.38 Å². The van der Waals surface area contributed by atoms with E-state index in [4.69, 9.17) is 4.98 Å². The highest BCUT2D eigenvalue weighted by Crippen LogP contribution is 2.33. The van der Waals surface area contributed by atoms with Gasteiger partial charge in [-0.25, -0.2) is 4.98 Å². The maximum absolute atomic E-state index is 4.79. The van der Waals surface area contributed by atoms with Crippen molar-refractivity contribution < 1.29 is 0 Å². The first-order chi connectivity index (χ1) is 13.1. The molecule has 0 saturated heterocycles. The van der Waals surface area contributed by atoms with Crippen LogP contribution in [0, 0.1) is 6.92 Å². The summed E-state index contributed by atoms with van der Waals surface area (Å²) in [6.07, 6.45) is 1.97. The van der Waals surface area contributed by atoms with Crippen LogP contribution in [0.2, 0.25) is 0 Å². The summed E-state index contributed by atoms with van der Waals surface area (Å²) in [5, 5.41) is 8.99. The molecule has 0 unspecified atom stereocenters. The van der Waals surface area contributed by atoms with Crippen LogP contribution in [0.3, 0.4) is 0 Å². The standard InChI is InChI=1S/C23H22N4/c1-16(2)18-9-11-19(12-10-18)22-23(27-15-5-4-6-21(27)24-22)26-25-20-13-7-17(3)8-14-20/h4-16H,1-3H3. The molecule has 2 aromatic carbocycles. The topological polar surface area (TPSA) is 42.0 Å². The highest BCUT2D eigenvalue weighted by atomic mass is 15.2. The summed E-state index contributed by atoms with van der Waals surface area (Å²) in [5.74, 6) is 1.24. The number of imidazole rings is 1. The summed E-state index contributed by atoms with van der Waals surface area (Å²) in [6.45, 7) is 6.45. The van der Waals surface area contributed by atoms with E-state index in [1.807, 2.05) is 53.1 Å². The van der Waals surface area contributed by atoms with Gasteiger partial charge < -0.3 is 0 Å². The lowest BCUT2D eigenvalue weighted by Gasteiger charge is -2.06. The minimum Gasteiger partial charge on any atom is -0.283 e. The highest BCUT2D eigenvalue weighted by Gasteiger charge is 2.14. The fraction of sp³-hybridized carbons (Fsp3) is 0.174. The second kappa shape index (κ2) is 7.16. The van der Waals surface area contributed by atoms with Gasteiger partial charge in [-0.05, 0) is 42.7 Å². The summed E-state index contributed by atoms with van der Waals surface area (Å²) < 4.78 is 1.98. The summed E-state index contributed by atoms with van der Waals surface area (Å²) in [7, 11) is 0. The van der Waals surface area contributed by atoms with E-state index in [2.05, 4.69) is 55.3 Å². The van der Waals surface area contributed by atoms with Crippen LogP contribution in [0.5, 0.6) is 0 Å². The zero-order valence-electron chi connectivity index (χ0n) is 15.8. The Morgan fingerprint density at radius 3 is 2.30 bits per heavy atom. The number of benzene rings is 2. The van der Waals surface area contributed by atoms with Crippen LogP contribution >= 0.6 is 0 Å². The van der Waals surface area contributed by atoms with Crippen molar-refractivity contribution in [3.63, 3.8) is 0 Å². The highest BCUT2D eigenvalue weighted by molar-refractivity contribution is 5.74. The van der Waals surface area contributed by atoms with Crippen LogP contribution in [0.25, 0.3) is 16.9 Å². The number of azo groups is 1. The van der Waals surface area contributed by atoms with Gasteiger partial charge in [-0.15, -0.1) is 10.2 Å². The molecule has 4 rings (SSSR count). The average Bonchev–Trinajstić information content (AvgIpc) is 3.06. The van der Waals surface area contributed by atoms with E-state index >= 15 is 0 Å². The quantitative estimate of drug-likeness (QED) is 0.370. The van der Waals surface area contributed by atoms with Crippen LogP contribution in [0.4, 0.5) is 11.5 Å². The van der Waals surface area contributed by atoms with Crippen LogP contribution in [0.1, 0.15) is 30.9 Å². The Labute approximate surface area is 159 Å². The van der Waals surface area contributed by atoms with E-state index in [0.29, 0.717) is 5.92 Å². The molecule has 2 aromatic heterocycles. The number of hydrogen-bond donors (Lipinski definition) is 0. The summed E-state index contributed by atoms with van der Waals surface area (Å²) in [5.41, 5.74) is 6.08. The second-order valence-electron chi connectivity index (χ2n) is 7.03. The molecule has 0 saturated carbocycles. The Morgan fingerprint density at radius 2 is 1.59 bits per heavy atom. The molecule has 0 N–H and O–H groups in total. The van der Waals surface area contributed by atoms with E-state index in [-0.39, 0.29) is 0 Å². The maximum Gasteiger partial charge on any atom is 0.187 e. The lowest BCUT2D eigenvalue weighted by Crippen LogP contribution is -1.87. The lowest BCUT2D eigenvalue weighted by molar-refractivity contribution is 0.867. The minimum atomic E-state index is 0.501. The van der Waals surface area contributed by atoms with Crippen molar-refractivity contribution in [2.24, 2.45) is 10.2 Å². The fourth-order valence-corrected chi connectivity index (χ4v) is 3.01. The number of pyridine rings is 1. The van der Waals surface area contributed by atoms with Crippen molar-refractivity contribution in [3.05, 3.63) is 84.1 Å². The van der Waals surface area contributed by atoms with Crippen molar-refractivity contribution in [1.82, 2.24) is 9.38 Å². The molecule has 0 aliphatic carbocycles. The molecule has 4 nitrogen and oxygen atoms in total. The maximum atomic E-state index is 4.79. The van der Waals surface area contributed by atoms with Crippen molar-refractivity contribution in [3.8, 4) is 11.3 Å². The monoisotopic (exact) mass is 354 g/mol. The summed E-state index contributed by atoms with van der Waals surface area (Å²) in [6, 6.07) is 22.5. The Kier molecular flexibility index (Phi) is 4.55. The van der Waals surface area contributed by atoms with E-state index in [0.717, 1.165) is 28.4 Å². The van der Waals surface area contributed by atoms with Gasteiger partial charge in [-0.3, -0.25) is 4.40 Å². The lowest BCUT2D eigenvalue weighted by atomic mass is 10.0. The van der Waals surface area contributed by atoms with E-state index in [1.54, 1.807) is 0 Å². The molecule has 0 atom stereocenters. The summed E-state index contributed by atoms with van der Waals surface area (Å²) >= 11 is 0. The molecule has 134 valence electrons. The van der Waals surface area contributed by atoms with Crippen molar-refractivity contribution in [2.75, 3.05) is 0 Å². The molecule has 0 fully saturated rings. The van der Waals surface area contributed by atoms with Gasteiger partial charge in [-0.1, -0.05) is 61.9 Å². The number of rotatable bonds is 4. The van der Waals surface area contributed by atoms with Gasteiger partial charge in [-0.2, -0.15) is 0 Å². The molecule has 4 aromatic rings. The second-order valence-corrected chi connectivity index (χ2v) is 7.03. The number of aromatic nitrogens is 2. The molecule has 0 aliphatic heterocycles. The average molecular weight is 354 g/mol. The largest absolute Gasteiger partial charge is 0.283 e. The van der Waals surface area contributed by atoms with Crippen LogP contribution < -0.4 is 0 Å². The fourth-order valence-electron chi connectivity index (χ4n) is 3.01. The van der Waals surface area contributed by atoms with Gasteiger partial charge in [0.25, 0.3) is 0 Å².